The summed E-state index contributed by atoms with van der Waals surface area (Å²) in [6.07, 6.45) is 0. The van der Waals surface area contributed by atoms with Crippen LogP contribution in [0.2, 0.25) is 0 Å². The van der Waals surface area contributed by atoms with Gasteiger partial charge in [0.1, 0.15) is 11.5 Å². The van der Waals surface area contributed by atoms with E-state index in [-0.39, 0.29) is 22.8 Å². The molecule has 3 aromatic carbocycles. The number of fused-ring (bicyclic) bond motifs is 1. The van der Waals surface area contributed by atoms with Crippen molar-refractivity contribution < 1.29 is 29.3 Å². The fourth-order valence-corrected chi connectivity index (χ4v) is 5.96. The van der Waals surface area contributed by atoms with Crippen LogP contribution in [0.5, 0.6) is 17.2 Å². The summed E-state index contributed by atoms with van der Waals surface area (Å²) in [5, 5.41) is 22.1. The second-order valence-corrected chi connectivity index (χ2v) is 10.5. The number of aromatic hydroxyl groups is 1. The normalized spacial score (nSPS) is 16.8. The summed E-state index contributed by atoms with van der Waals surface area (Å²) in [6.45, 7) is 4.31. The fraction of sp³-hybridized carbons (Fsp3) is 0.179. The van der Waals surface area contributed by atoms with Crippen LogP contribution in [0.3, 0.4) is 0 Å². The van der Waals surface area contributed by atoms with Gasteiger partial charge in [0, 0.05) is 5.56 Å². The molecule has 0 saturated carbocycles. The number of anilines is 1. The fourth-order valence-electron chi connectivity index (χ4n) is 4.41. The number of phenols is 1. The van der Waals surface area contributed by atoms with Crippen LogP contribution in [0.4, 0.5) is 5.13 Å². The number of phenolic OH excluding ortho intramolecular Hbond substituents is 1. The molecule has 2 heterocycles. The molecule has 0 aliphatic carbocycles. The minimum Gasteiger partial charge on any atom is -0.507 e. The topological polar surface area (TPSA) is 109 Å². The monoisotopic (exact) mass is 594 g/mol. The SMILES string of the molecule is CCOc1ccc(C(O)=C2C(=O)C(=O)N(c3nc4ccc(C)cc4s3)C2c2cc(Br)c(O)c(OC)c2)cc1. The molecule has 1 aromatic heterocycles. The van der Waals surface area contributed by atoms with Crippen molar-refractivity contribution >= 4 is 60.1 Å². The number of nitrogens with zero attached hydrogens (tertiary/aromatic N) is 2. The van der Waals surface area contributed by atoms with Crippen LogP contribution in [-0.2, 0) is 9.59 Å². The van der Waals surface area contributed by atoms with E-state index in [1.54, 1.807) is 30.3 Å². The Labute approximate surface area is 230 Å². The van der Waals surface area contributed by atoms with Gasteiger partial charge in [0.15, 0.2) is 16.6 Å². The summed E-state index contributed by atoms with van der Waals surface area (Å²) in [7, 11) is 1.40. The molecule has 1 fully saturated rings. The Balaban J connectivity index is 1.73. The van der Waals surface area contributed by atoms with Gasteiger partial charge >= 0.3 is 5.91 Å². The second kappa shape index (κ2) is 10.1. The molecule has 8 nitrogen and oxygen atoms in total. The first-order chi connectivity index (χ1) is 18.2. The maximum Gasteiger partial charge on any atom is 0.301 e. The summed E-state index contributed by atoms with van der Waals surface area (Å²) in [6, 6.07) is 14.4. The molecule has 2 N–H and O–H groups in total. The van der Waals surface area contributed by atoms with Crippen molar-refractivity contribution in [3.63, 3.8) is 0 Å². The number of aliphatic hydroxyl groups excluding tert-OH is 1. The van der Waals surface area contributed by atoms with E-state index in [1.165, 1.54) is 29.4 Å². The van der Waals surface area contributed by atoms with E-state index in [4.69, 9.17) is 9.47 Å². The van der Waals surface area contributed by atoms with E-state index >= 15 is 0 Å². The van der Waals surface area contributed by atoms with Gasteiger partial charge < -0.3 is 19.7 Å². The molecule has 1 amide bonds. The van der Waals surface area contributed by atoms with Crippen molar-refractivity contribution in [2.45, 2.75) is 19.9 Å². The number of aryl methyl sites for hydroxylation is 1. The number of thiazole rings is 1. The van der Waals surface area contributed by atoms with Gasteiger partial charge in [-0.3, -0.25) is 14.5 Å². The Morgan fingerprint density at radius 1 is 1.13 bits per heavy atom. The molecular weight excluding hydrogens is 572 g/mol. The smallest absolute Gasteiger partial charge is 0.301 e. The lowest BCUT2D eigenvalue weighted by molar-refractivity contribution is -0.132. The maximum atomic E-state index is 13.5. The molecule has 0 spiro atoms. The van der Waals surface area contributed by atoms with Crippen molar-refractivity contribution in [2.75, 3.05) is 18.6 Å². The molecule has 194 valence electrons. The molecule has 1 aliphatic rings. The van der Waals surface area contributed by atoms with E-state index in [1.807, 2.05) is 32.0 Å². The number of hydrogen-bond donors (Lipinski definition) is 2. The lowest BCUT2D eigenvalue weighted by atomic mass is 9.95. The van der Waals surface area contributed by atoms with Crippen LogP contribution >= 0.6 is 27.3 Å². The first kappa shape index (κ1) is 25.7. The number of carbonyl (C=O) groups excluding carboxylic acids is 2. The van der Waals surface area contributed by atoms with E-state index < -0.39 is 17.7 Å². The Morgan fingerprint density at radius 2 is 1.87 bits per heavy atom. The molecule has 4 aromatic rings. The highest BCUT2D eigenvalue weighted by Gasteiger charge is 2.48. The summed E-state index contributed by atoms with van der Waals surface area (Å²) in [5.41, 5.74) is 2.41. The van der Waals surface area contributed by atoms with Crippen molar-refractivity contribution in [1.29, 1.82) is 0 Å². The zero-order valence-corrected chi connectivity index (χ0v) is 23.1. The maximum absolute atomic E-state index is 13.5. The molecule has 38 heavy (non-hydrogen) atoms. The lowest BCUT2D eigenvalue weighted by Crippen LogP contribution is -2.29. The third-order valence-electron chi connectivity index (χ3n) is 6.21. The first-order valence-corrected chi connectivity index (χ1v) is 13.3. The number of Topliss-reactive ketones (excluding diaryl/α,β-unsaturated/α-hetero) is 1. The molecule has 5 rings (SSSR count). The number of amides is 1. The lowest BCUT2D eigenvalue weighted by Gasteiger charge is -2.24. The largest absolute Gasteiger partial charge is 0.507 e. The van der Waals surface area contributed by atoms with Gasteiger partial charge in [0.2, 0.25) is 0 Å². The van der Waals surface area contributed by atoms with Crippen LogP contribution in [0, 0.1) is 6.92 Å². The minimum absolute atomic E-state index is 0.103. The number of methoxy groups -OCH3 is 1. The average molecular weight is 595 g/mol. The van der Waals surface area contributed by atoms with E-state index in [0.717, 1.165) is 10.3 Å². The summed E-state index contributed by atoms with van der Waals surface area (Å²) in [4.78, 5) is 32.9. The highest BCUT2D eigenvalue weighted by Crippen LogP contribution is 2.47. The van der Waals surface area contributed by atoms with Crippen molar-refractivity contribution in [3.05, 3.63) is 81.3 Å². The third kappa shape index (κ3) is 4.39. The molecule has 1 saturated heterocycles. The number of rotatable bonds is 6. The predicted molar refractivity (Wildman–Crippen MR) is 149 cm³/mol. The highest BCUT2D eigenvalue weighted by atomic mass is 79.9. The number of ether oxygens (including phenoxy) is 2. The van der Waals surface area contributed by atoms with E-state index in [2.05, 4.69) is 20.9 Å². The number of aliphatic hydroxyl groups is 1. The summed E-state index contributed by atoms with van der Waals surface area (Å²) >= 11 is 4.60. The van der Waals surface area contributed by atoms with Gasteiger partial charge in [0.05, 0.1) is 40.0 Å². The van der Waals surface area contributed by atoms with Crippen LogP contribution < -0.4 is 14.4 Å². The van der Waals surface area contributed by atoms with E-state index in [9.17, 15) is 19.8 Å². The van der Waals surface area contributed by atoms with Gasteiger partial charge in [-0.15, -0.1) is 0 Å². The number of hydrogen-bond acceptors (Lipinski definition) is 8. The Hall–Kier alpha value is -3.89. The Morgan fingerprint density at radius 3 is 2.55 bits per heavy atom. The van der Waals surface area contributed by atoms with Crippen molar-refractivity contribution in [2.24, 2.45) is 0 Å². The quantitative estimate of drug-likeness (QED) is 0.157. The zero-order chi connectivity index (χ0) is 27.1. The zero-order valence-electron chi connectivity index (χ0n) is 20.7. The summed E-state index contributed by atoms with van der Waals surface area (Å²) < 4.78 is 12.0. The van der Waals surface area contributed by atoms with Gasteiger partial charge in [-0.05, 0) is 89.4 Å². The molecule has 0 radical (unpaired) electrons. The van der Waals surface area contributed by atoms with Crippen LogP contribution in [0.25, 0.3) is 16.0 Å². The van der Waals surface area contributed by atoms with Crippen LogP contribution in [-0.4, -0.2) is 40.6 Å². The standard InChI is InChI=1S/C28H23BrN2O6S/c1-4-37-17-8-6-15(7-9-17)24(32)22-23(16-12-18(29)25(33)20(13-16)36-3)31(27(35)26(22)34)28-30-19-10-5-14(2)11-21(19)38-28/h5-13,23,32-33H,4H2,1-3H3. The first-order valence-electron chi connectivity index (χ1n) is 11.7. The molecule has 1 atom stereocenters. The summed E-state index contributed by atoms with van der Waals surface area (Å²) in [5.74, 6) is -1.38. The Bertz CT molecular complexity index is 1610. The molecule has 0 bridgehead atoms. The molecule has 1 unspecified atom stereocenters. The van der Waals surface area contributed by atoms with Crippen LogP contribution in [0.1, 0.15) is 29.7 Å². The molecule has 1 aliphatic heterocycles. The molecule has 10 heteroatoms. The Kier molecular flexibility index (Phi) is 6.85. The third-order valence-corrected chi connectivity index (χ3v) is 7.83. The van der Waals surface area contributed by atoms with Gasteiger partial charge in [-0.2, -0.15) is 0 Å². The number of ketones is 1. The second-order valence-electron chi connectivity index (χ2n) is 8.65. The number of carbonyl (C=O) groups is 2. The number of halogens is 1. The van der Waals surface area contributed by atoms with Crippen molar-refractivity contribution in [3.8, 4) is 17.2 Å². The highest BCUT2D eigenvalue weighted by molar-refractivity contribution is 9.10. The average Bonchev–Trinajstić information content (AvgIpc) is 3.43. The van der Waals surface area contributed by atoms with Crippen LogP contribution in [0.15, 0.2) is 64.6 Å². The van der Waals surface area contributed by atoms with Gasteiger partial charge in [0.25, 0.3) is 5.78 Å². The van der Waals surface area contributed by atoms with Gasteiger partial charge in [-0.25, -0.2) is 4.98 Å². The molecular formula is C28H23BrN2O6S. The minimum atomic E-state index is -1.03. The van der Waals surface area contributed by atoms with Crippen molar-refractivity contribution in [1.82, 2.24) is 4.98 Å². The number of aromatic nitrogens is 1. The van der Waals surface area contributed by atoms with E-state index in [0.29, 0.717) is 38.6 Å². The van der Waals surface area contributed by atoms with Gasteiger partial charge in [-0.1, -0.05) is 17.4 Å². The number of benzene rings is 3. The predicted octanol–water partition coefficient (Wildman–Crippen LogP) is 6.11.